The standard InChI is InChI=1S/C15H22N2O3S/c1-12(13-6-4-3-5-7-13)17(2)10-15(18)16-14-8-9-21(19,20)11-14/h3-7,12,14H,8-11H2,1-2H3,(H,16,18)/t12-,14-/m1/s1. The highest BCUT2D eigenvalue weighted by atomic mass is 32.2. The van der Waals surface area contributed by atoms with Gasteiger partial charge in [-0.25, -0.2) is 8.42 Å². The maximum Gasteiger partial charge on any atom is 0.234 e. The van der Waals surface area contributed by atoms with Crippen molar-refractivity contribution in [2.24, 2.45) is 0 Å². The Balaban J connectivity index is 1.85. The third kappa shape index (κ3) is 4.54. The lowest BCUT2D eigenvalue weighted by atomic mass is 10.1. The van der Waals surface area contributed by atoms with Crippen molar-refractivity contribution in [1.82, 2.24) is 10.2 Å². The second kappa shape index (κ2) is 6.58. The third-order valence-electron chi connectivity index (χ3n) is 3.93. The summed E-state index contributed by atoms with van der Waals surface area (Å²) in [6.07, 6.45) is 0.520. The minimum Gasteiger partial charge on any atom is -0.351 e. The summed E-state index contributed by atoms with van der Waals surface area (Å²) < 4.78 is 22.8. The normalized spacial score (nSPS) is 22.1. The fourth-order valence-electron chi connectivity index (χ4n) is 2.53. The largest absolute Gasteiger partial charge is 0.351 e. The number of carbonyl (C=O) groups excluding carboxylic acids is 1. The van der Waals surface area contributed by atoms with Gasteiger partial charge in [0.05, 0.1) is 18.1 Å². The molecule has 0 bridgehead atoms. The van der Waals surface area contributed by atoms with Gasteiger partial charge in [0, 0.05) is 12.1 Å². The van der Waals surface area contributed by atoms with Gasteiger partial charge in [-0.3, -0.25) is 9.69 Å². The van der Waals surface area contributed by atoms with Crippen LogP contribution in [0.1, 0.15) is 24.9 Å². The van der Waals surface area contributed by atoms with Gasteiger partial charge in [0.1, 0.15) is 0 Å². The van der Waals surface area contributed by atoms with Crippen LogP contribution in [0.2, 0.25) is 0 Å². The number of likely N-dealkylation sites (N-methyl/N-ethyl adjacent to an activating group) is 1. The molecule has 1 saturated heterocycles. The van der Waals surface area contributed by atoms with E-state index in [1.807, 2.05) is 49.2 Å². The number of sulfone groups is 1. The number of nitrogens with one attached hydrogen (secondary N) is 1. The quantitative estimate of drug-likeness (QED) is 0.880. The molecule has 116 valence electrons. The van der Waals surface area contributed by atoms with Crippen molar-refractivity contribution in [3.05, 3.63) is 35.9 Å². The Morgan fingerprint density at radius 3 is 2.62 bits per heavy atom. The molecule has 2 rings (SSSR count). The van der Waals surface area contributed by atoms with Gasteiger partial charge in [0.15, 0.2) is 9.84 Å². The summed E-state index contributed by atoms with van der Waals surface area (Å²) in [4.78, 5) is 14.0. The van der Waals surface area contributed by atoms with Crippen molar-refractivity contribution in [1.29, 1.82) is 0 Å². The molecular weight excluding hydrogens is 288 g/mol. The zero-order valence-corrected chi connectivity index (χ0v) is 13.3. The van der Waals surface area contributed by atoms with Gasteiger partial charge in [-0.05, 0) is 26.0 Å². The van der Waals surface area contributed by atoms with E-state index in [1.54, 1.807) is 0 Å². The Labute approximate surface area is 126 Å². The molecule has 0 radical (unpaired) electrons. The highest BCUT2D eigenvalue weighted by Crippen LogP contribution is 2.17. The number of rotatable bonds is 5. The summed E-state index contributed by atoms with van der Waals surface area (Å²) >= 11 is 0. The molecule has 1 aromatic carbocycles. The minimum atomic E-state index is -2.96. The lowest BCUT2D eigenvalue weighted by molar-refractivity contribution is -0.122. The molecular formula is C15H22N2O3S. The number of hydrogen-bond donors (Lipinski definition) is 1. The predicted octanol–water partition coefficient (Wildman–Crippen LogP) is 0.983. The number of benzene rings is 1. The topological polar surface area (TPSA) is 66.5 Å². The summed E-state index contributed by atoms with van der Waals surface area (Å²) in [6.45, 7) is 2.30. The Hall–Kier alpha value is -1.40. The van der Waals surface area contributed by atoms with Crippen LogP contribution in [0.5, 0.6) is 0 Å². The van der Waals surface area contributed by atoms with Gasteiger partial charge in [-0.1, -0.05) is 30.3 Å². The molecule has 0 aliphatic carbocycles. The zero-order chi connectivity index (χ0) is 15.5. The molecule has 2 atom stereocenters. The van der Waals surface area contributed by atoms with E-state index in [1.165, 1.54) is 0 Å². The number of carbonyl (C=O) groups is 1. The summed E-state index contributed by atoms with van der Waals surface area (Å²) in [5.41, 5.74) is 1.15. The highest BCUT2D eigenvalue weighted by Gasteiger charge is 2.29. The van der Waals surface area contributed by atoms with Crippen molar-refractivity contribution in [3.8, 4) is 0 Å². The first kappa shape index (κ1) is 16.0. The van der Waals surface area contributed by atoms with Crippen LogP contribution < -0.4 is 5.32 Å². The lowest BCUT2D eigenvalue weighted by Gasteiger charge is -2.25. The molecule has 0 saturated carbocycles. The smallest absolute Gasteiger partial charge is 0.234 e. The molecule has 0 spiro atoms. The number of nitrogens with zero attached hydrogens (tertiary/aromatic N) is 1. The summed E-state index contributed by atoms with van der Waals surface area (Å²) in [5.74, 6) is 0.118. The first-order valence-corrected chi connectivity index (χ1v) is 8.94. The van der Waals surface area contributed by atoms with Gasteiger partial charge in [-0.2, -0.15) is 0 Å². The Morgan fingerprint density at radius 1 is 1.38 bits per heavy atom. The van der Waals surface area contributed by atoms with Gasteiger partial charge in [0.25, 0.3) is 0 Å². The van der Waals surface area contributed by atoms with Crippen LogP contribution in [0, 0.1) is 0 Å². The zero-order valence-electron chi connectivity index (χ0n) is 12.5. The fourth-order valence-corrected chi connectivity index (χ4v) is 4.20. The monoisotopic (exact) mass is 310 g/mol. The van der Waals surface area contributed by atoms with Crippen LogP contribution in [-0.4, -0.2) is 50.4 Å². The van der Waals surface area contributed by atoms with Gasteiger partial charge in [0.2, 0.25) is 5.91 Å². The van der Waals surface area contributed by atoms with Crippen LogP contribution in [0.3, 0.4) is 0 Å². The fraction of sp³-hybridized carbons (Fsp3) is 0.533. The Morgan fingerprint density at radius 2 is 2.05 bits per heavy atom. The minimum absolute atomic E-state index is 0.0662. The third-order valence-corrected chi connectivity index (χ3v) is 5.70. The summed E-state index contributed by atoms with van der Waals surface area (Å²) in [5, 5.41) is 2.81. The van der Waals surface area contributed by atoms with E-state index in [0.717, 1.165) is 5.56 Å². The first-order valence-electron chi connectivity index (χ1n) is 7.12. The molecule has 1 aliphatic heterocycles. The summed E-state index contributed by atoms with van der Waals surface area (Å²) in [7, 11) is -1.07. The molecule has 1 amide bonds. The predicted molar refractivity (Wildman–Crippen MR) is 82.7 cm³/mol. The Bertz CT molecular complexity index is 586. The van der Waals surface area contributed by atoms with Crippen molar-refractivity contribution in [2.45, 2.75) is 25.4 Å². The number of hydrogen-bond acceptors (Lipinski definition) is 4. The molecule has 0 aromatic heterocycles. The number of amides is 1. The average Bonchev–Trinajstić information content (AvgIpc) is 2.77. The van der Waals surface area contributed by atoms with E-state index >= 15 is 0 Å². The van der Waals surface area contributed by atoms with Gasteiger partial charge < -0.3 is 5.32 Å². The van der Waals surface area contributed by atoms with E-state index < -0.39 is 9.84 Å². The van der Waals surface area contributed by atoms with Crippen molar-refractivity contribution >= 4 is 15.7 Å². The van der Waals surface area contributed by atoms with E-state index in [4.69, 9.17) is 0 Å². The molecule has 5 nitrogen and oxygen atoms in total. The maximum absolute atomic E-state index is 12.0. The summed E-state index contributed by atoms with van der Waals surface area (Å²) in [6, 6.07) is 9.87. The van der Waals surface area contributed by atoms with E-state index in [-0.39, 0.29) is 36.0 Å². The molecule has 6 heteroatoms. The van der Waals surface area contributed by atoms with Crippen LogP contribution in [0.15, 0.2) is 30.3 Å². The van der Waals surface area contributed by atoms with Crippen LogP contribution >= 0.6 is 0 Å². The van der Waals surface area contributed by atoms with Crippen LogP contribution in [0.25, 0.3) is 0 Å². The van der Waals surface area contributed by atoms with Crippen molar-refractivity contribution in [3.63, 3.8) is 0 Å². The molecule has 1 heterocycles. The van der Waals surface area contributed by atoms with E-state index in [9.17, 15) is 13.2 Å². The molecule has 1 N–H and O–H groups in total. The highest BCUT2D eigenvalue weighted by molar-refractivity contribution is 7.91. The molecule has 1 fully saturated rings. The van der Waals surface area contributed by atoms with Crippen molar-refractivity contribution in [2.75, 3.05) is 25.1 Å². The SMILES string of the molecule is C[C@H](c1ccccc1)N(C)CC(=O)N[C@@H]1CCS(=O)(=O)C1. The second-order valence-electron chi connectivity index (χ2n) is 5.67. The van der Waals surface area contributed by atoms with Crippen LogP contribution in [0.4, 0.5) is 0 Å². The van der Waals surface area contributed by atoms with Gasteiger partial charge in [-0.15, -0.1) is 0 Å². The maximum atomic E-state index is 12.0. The first-order chi connectivity index (χ1) is 9.87. The molecule has 1 aliphatic rings. The molecule has 0 unspecified atom stereocenters. The Kier molecular flexibility index (Phi) is 5.00. The second-order valence-corrected chi connectivity index (χ2v) is 7.90. The van der Waals surface area contributed by atoms with E-state index in [2.05, 4.69) is 5.32 Å². The van der Waals surface area contributed by atoms with Gasteiger partial charge >= 0.3 is 0 Å². The average molecular weight is 310 g/mol. The molecule has 1 aromatic rings. The lowest BCUT2D eigenvalue weighted by Crippen LogP contribution is -2.42. The van der Waals surface area contributed by atoms with E-state index in [0.29, 0.717) is 6.42 Å². The molecule has 21 heavy (non-hydrogen) atoms. The van der Waals surface area contributed by atoms with Crippen molar-refractivity contribution < 1.29 is 13.2 Å². The van der Waals surface area contributed by atoms with Crippen LogP contribution in [-0.2, 0) is 14.6 Å².